The SMILES string of the molecule is C=C(C)C(=O)OC(CCCCC(=O)O)c1ccc(-c2ccc(C(CCCCC(=O)O)OC(=O)C(=C)C)cc2)cc1. The Labute approximate surface area is 235 Å². The Morgan fingerprint density at radius 2 is 0.950 bits per heavy atom. The second-order valence-corrected chi connectivity index (χ2v) is 9.87. The number of esters is 2. The first-order valence-corrected chi connectivity index (χ1v) is 13.3. The van der Waals surface area contributed by atoms with Crippen LogP contribution < -0.4 is 0 Å². The van der Waals surface area contributed by atoms with Gasteiger partial charge in [-0.05, 0) is 74.6 Å². The van der Waals surface area contributed by atoms with Crippen LogP contribution in [0.4, 0.5) is 0 Å². The summed E-state index contributed by atoms with van der Waals surface area (Å²) >= 11 is 0. The fraction of sp³-hybridized carbons (Fsp3) is 0.375. The van der Waals surface area contributed by atoms with E-state index in [1.165, 1.54) is 0 Å². The molecule has 0 aliphatic heterocycles. The van der Waals surface area contributed by atoms with Crippen LogP contribution in [-0.4, -0.2) is 34.1 Å². The van der Waals surface area contributed by atoms with Crippen LogP contribution in [0.25, 0.3) is 11.1 Å². The van der Waals surface area contributed by atoms with Crippen LogP contribution in [0.5, 0.6) is 0 Å². The Hall–Kier alpha value is -4.20. The molecule has 8 nitrogen and oxygen atoms in total. The smallest absolute Gasteiger partial charge is 0.333 e. The van der Waals surface area contributed by atoms with E-state index >= 15 is 0 Å². The molecule has 2 aromatic carbocycles. The minimum atomic E-state index is -0.857. The zero-order chi connectivity index (χ0) is 29.7. The molecule has 0 spiro atoms. The van der Waals surface area contributed by atoms with Crippen molar-refractivity contribution in [1.82, 2.24) is 0 Å². The highest BCUT2D eigenvalue weighted by Gasteiger charge is 2.19. The largest absolute Gasteiger partial charge is 0.481 e. The molecular formula is C32H38O8. The third kappa shape index (κ3) is 10.9. The molecule has 2 rings (SSSR count). The van der Waals surface area contributed by atoms with Gasteiger partial charge in [-0.25, -0.2) is 9.59 Å². The Morgan fingerprint density at radius 1 is 0.625 bits per heavy atom. The average Bonchev–Trinajstić information content (AvgIpc) is 2.91. The van der Waals surface area contributed by atoms with Crippen molar-refractivity contribution in [3.05, 3.63) is 84.0 Å². The molecule has 0 saturated heterocycles. The number of rotatable bonds is 17. The van der Waals surface area contributed by atoms with Gasteiger partial charge < -0.3 is 19.7 Å². The van der Waals surface area contributed by atoms with E-state index in [1.807, 2.05) is 48.5 Å². The second kappa shape index (κ2) is 16.0. The van der Waals surface area contributed by atoms with Crippen LogP contribution in [0, 0.1) is 0 Å². The van der Waals surface area contributed by atoms with E-state index in [4.69, 9.17) is 19.7 Å². The summed E-state index contributed by atoms with van der Waals surface area (Å²) in [6.45, 7) is 10.4. The lowest BCUT2D eigenvalue weighted by molar-refractivity contribution is -0.146. The average molecular weight is 551 g/mol. The molecular weight excluding hydrogens is 512 g/mol. The van der Waals surface area contributed by atoms with Gasteiger partial charge in [-0.15, -0.1) is 0 Å². The fourth-order valence-corrected chi connectivity index (χ4v) is 4.04. The summed E-state index contributed by atoms with van der Waals surface area (Å²) in [4.78, 5) is 46.0. The number of aliphatic carboxylic acids is 2. The van der Waals surface area contributed by atoms with Gasteiger partial charge in [-0.3, -0.25) is 9.59 Å². The van der Waals surface area contributed by atoms with E-state index in [9.17, 15) is 19.2 Å². The van der Waals surface area contributed by atoms with Crippen molar-refractivity contribution in [3.8, 4) is 11.1 Å². The maximum absolute atomic E-state index is 12.2. The summed E-state index contributed by atoms with van der Waals surface area (Å²) in [5.74, 6) is -2.70. The molecule has 2 atom stereocenters. The van der Waals surface area contributed by atoms with Gasteiger partial charge in [0.1, 0.15) is 12.2 Å². The number of unbranched alkanes of at least 4 members (excludes halogenated alkanes) is 2. The molecule has 0 aliphatic rings. The summed E-state index contributed by atoms with van der Waals surface area (Å²) in [6, 6.07) is 15.2. The molecule has 0 aromatic heterocycles. The molecule has 2 N–H and O–H groups in total. The molecule has 0 fully saturated rings. The molecule has 214 valence electrons. The van der Waals surface area contributed by atoms with E-state index in [2.05, 4.69) is 13.2 Å². The monoisotopic (exact) mass is 550 g/mol. The van der Waals surface area contributed by atoms with Gasteiger partial charge in [0.25, 0.3) is 0 Å². The summed E-state index contributed by atoms with van der Waals surface area (Å²) < 4.78 is 11.3. The molecule has 2 aromatic rings. The molecule has 2 unspecified atom stereocenters. The van der Waals surface area contributed by atoms with Crippen LogP contribution in [-0.2, 0) is 28.7 Å². The number of carbonyl (C=O) groups is 4. The summed E-state index contributed by atoms with van der Waals surface area (Å²) in [7, 11) is 0. The zero-order valence-electron chi connectivity index (χ0n) is 23.2. The number of carboxylic acids is 2. The molecule has 0 saturated carbocycles. The normalized spacial score (nSPS) is 12.2. The predicted octanol–water partition coefficient (Wildman–Crippen LogP) is 6.96. The highest BCUT2D eigenvalue weighted by molar-refractivity contribution is 5.87. The van der Waals surface area contributed by atoms with Gasteiger partial charge in [0.15, 0.2) is 0 Å². The lowest BCUT2D eigenvalue weighted by Crippen LogP contribution is -2.12. The van der Waals surface area contributed by atoms with E-state index in [1.54, 1.807) is 13.8 Å². The number of hydrogen-bond donors (Lipinski definition) is 2. The highest BCUT2D eigenvalue weighted by Crippen LogP contribution is 2.30. The minimum Gasteiger partial charge on any atom is -0.481 e. The standard InChI is InChI=1S/C32H38O8/c1-21(2)31(37)39-27(9-5-7-11-29(33)34)25-17-13-23(14-18-25)24-15-19-26(20-16-24)28(40-32(38)22(3)4)10-6-8-12-30(35)36/h13-20,27-28H,1,3,5-12H2,2,4H3,(H,33,34)(H,35,36). The van der Waals surface area contributed by atoms with Crippen molar-refractivity contribution in [3.63, 3.8) is 0 Å². The van der Waals surface area contributed by atoms with E-state index < -0.39 is 36.1 Å². The molecule has 0 amide bonds. The first-order valence-electron chi connectivity index (χ1n) is 13.3. The van der Waals surface area contributed by atoms with Crippen LogP contribution in [0.3, 0.4) is 0 Å². The van der Waals surface area contributed by atoms with Crippen molar-refractivity contribution >= 4 is 23.9 Å². The van der Waals surface area contributed by atoms with E-state index in [-0.39, 0.29) is 12.8 Å². The van der Waals surface area contributed by atoms with Crippen molar-refractivity contribution < 1.29 is 38.9 Å². The number of benzene rings is 2. The van der Waals surface area contributed by atoms with Crippen molar-refractivity contribution in [2.24, 2.45) is 0 Å². The molecule has 0 aliphatic carbocycles. The molecule has 0 heterocycles. The fourth-order valence-electron chi connectivity index (χ4n) is 4.04. The van der Waals surface area contributed by atoms with Gasteiger partial charge in [0.05, 0.1) is 0 Å². The zero-order valence-corrected chi connectivity index (χ0v) is 23.2. The van der Waals surface area contributed by atoms with Gasteiger partial charge >= 0.3 is 23.9 Å². The van der Waals surface area contributed by atoms with Gasteiger partial charge in [0.2, 0.25) is 0 Å². The quantitative estimate of drug-likeness (QED) is 0.123. The first-order chi connectivity index (χ1) is 19.0. The summed E-state index contributed by atoms with van der Waals surface area (Å²) in [5, 5.41) is 17.8. The molecule has 0 radical (unpaired) electrons. The topological polar surface area (TPSA) is 127 Å². The van der Waals surface area contributed by atoms with Gasteiger partial charge in [-0.1, -0.05) is 61.7 Å². The van der Waals surface area contributed by atoms with E-state index in [0.717, 1.165) is 22.3 Å². The van der Waals surface area contributed by atoms with E-state index in [0.29, 0.717) is 49.7 Å². The lowest BCUT2D eigenvalue weighted by atomic mass is 9.96. The van der Waals surface area contributed by atoms with Gasteiger partial charge in [-0.2, -0.15) is 0 Å². The number of carbonyl (C=O) groups excluding carboxylic acids is 2. The molecule has 40 heavy (non-hydrogen) atoms. The van der Waals surface area contributed by atoms with Gasteiger partial charge in [0, 0.05) is 24.0 Å². The number of carboxylic acid groups (broad SMARTS) is 2. The van der Waals surface area contributed by atoms with Crippen molar-refractivity contribution in [1.29, 1.82) is 0 Å². The summed E-state index contributed by atoms with van der Waals surface area (Å²) in [5.41, 5.74) is 4.06. The third-order valence-electron chi connectivity index (χ3n) is 6.31. The predicted molar refractivity (Wildman–Crippen MR) is 151 cm³/mol. The number of ether oxygens (including phenoxy) is 2. The maximum Gasteiger partial charge on any atom is 0.333 e. The van der Waals surface area contributed by atoms with Crippen molar-refractivity contribution in [2.75, 3.05) is 0 Å². The third-order valence-corrected chi connectivity index (χ3v) is 6.31. The van der Waals surface area contributed by atoms with Crippen molar-refractivity contribution in [2.45, 2.75) is 77.4 Å². The van der Waals surface area contributed by atoms with Crippen LogP contribution in [0.1, 0.15) is 88.5 Å². The first kappa shape index (κ1) is 32.0. The highest BCUT2D eigenvalue weighted by atomic mass is 16.5. The Morgan fingerprint density at radius 3 is 1.23 bits per heavy atom. The van der Waals surface area contributed by atoms with Crippen LogP contribution in [0.15, 0.2) is 72.8 Å². The van der Waals surface area contributed by atoms with Crippen LogP contribution in [0.2, 0.25) is 0 Å². The minimum absolute atomic E-state index is 0.0612. The maximum atomic E-state index is 12.2. The number of hydrogen-bond acceptors (Lipinski definition) is 6. The Bertz CT molecular complexity index is 1100. The molecule has 0 bridgehead atoms. The Balaban J connectivity index is 2.16. The molecule has 8 heteroatoms. The van der Waals surface area contributed by atoms with Crippen LogP contribution >= 0.6 is 0 Å². The Kier molecular flexibility index (Phi) is 12.8. The second-order valence-electron chi connectivity index (χ2n) is 9.87. The summed E-state index contributed by atoms with van der Waals surface area (Å²) in [6.07, 6.45) is 2.25. The lowest BCUT2D eigenvalue weighted by Gasteiger charge is -2.20.